The highest BCUT2D eigenvalue weighted by molar-refractivity contribution is 5.74. The number of methoxy groups -OCH3 is 1. The number of nitrogens with zero attached hydrogens (tertiary/aromatic N) is 3. The van der Waals surface area contributed by atoms with Crippen molar-refractivity contribution in [1.29, 1.82) is 0 Å². The molecule has 1 heterocycles. The van der Waals surface area contributed by atoms with Gasteiger partial charge in [0.2, 0.25) is 0 Å². The average molecular weight is 333 g/mol. The van der Waals surface area contributed by atoms with Gasteiger partial charge in [-0.1, -0.05) is 24.3 Å². The van der Waals surface area contributed by atoms with Crippen LogP contribution in [-0.4, -0.2) is 26.2 Å². The zero-order valence-electron chi connectivity index (χ0n) is 14.7. The van der Waals surface area contributed by atoms with Gasteiger partial charge in [-0.3, -0.25) is 0 Å². The van der Waals surface area contributed by atoms with Gasteiger partial charge in [0, 0.05) is 12.7 Å². The van der Waals surface area contributed by atoms with Crippen molar-refractivity contribution in [3.63, 3.8) is 0 Å². The van der Waals surface area contributed by atoms with Crippen LogP contribution in [0.3, 0.4) is 0 Å². The predicted molar refractivity (Wildman–Crippen MR) is 102 cm³/mol. The molecular formula is C21H23N3O. The fraction of sp³-hybridized carbons (Fsp3) is 0.333. The number of hydrogen-bond donors (Lipinski definition) is 0. The second-order valence-electron chi connectivity index (χ2n) is 6.71. The van der Waals surface area contributed by atoms with Gasteiger partial charge in [-0.2, -0.15) is 10.2 Å². The monoisotopic (exact) mass is 333 g/mol. The summed E-state index contributed by atoms with van der Waals surface area (Å²) in [6.45, 7) is 0. The summed E-state index contributed by atoms with van der Waals surface area (Å²) in [5, 5.41) is 9.22. The summed E-state index contributed by atoms with van der Waals surface area (Å²) in [6.07, 6.45) is 5.76. The van der Waals surface area contributed by atoms with Gasteiger partial charge in [-0.15, -0.1) is 0 Å². The van der Waals surface area contributed by atoms with Crippen LogP contribution in [-0.2, 0) is 0 Å². The zero-order chi connectivity index (χ0) is 17.2. The van der Waals surface area contributed by atoms with E-state index in [1.165, 1.54) is 23.2 Å². The average Bonchev–Trinajstić information content (AvgIpc) is 2.67. The maximum atomic E-state index is 5.20. The molecule has 2 aromatic carbocycles. The van der Waals surface area contributed by atoms with E-state index >= 15 is 0 Å². The zero-order valence-corrected chi connectivity index (χ0v) is 14.7. The minimum atomic E-state index is 0.195. The number of azo groups is 1. The Morgan fingerprint density at radius 1 is 1.08 bits per heavy atom. The normalized spacial score (nSPS) is 22.3. The molecule has 1 fully saturated rings. The number of ether oxygens (including phenoxy) is 1. The van der Waals surface area contributed by atoms with Crippen molar-refractivity contribution in [3.05, 3.63) is 59.7 Å². The smallest absolute Gasteiger partial charge is 0.119 e. The summed E-state index contributed by atoms with van der Waals surface area (Å²) in [6, 6.07) is 16.8. The molecule has 0 bridgehead atoms. The first-order chi connectivity index (χ1) is 12.3. The Balaban J connectivity index is 1.59. The number of likely N-dealkylation sites (N-methyl/N-ethyl adjacent to an activating group) is 1. The molecule has 2 aliphatic rings. The standard InChI is InChI=1S/C21H23N3O/c1-24-20-9-4-3-6-15(20)14-16-7-5-8-19(21(16)24)23-22-17-10-12-18(25-2)13-11-17/h3-4,6,9-14,19,21H,5,7-8H2,1-2H3. The summed E-state index contributed by atoms with van der Waals surface area (Å²) in [5.74, 6) is 0.838. The van der Waals surface area contributed by atoms with E-state index < -0.39 is 0 Å². The molecule has 128 valence electrons. The summed E-state index contributed by atoms with van der Waals surface area (Å²) in [5.41, 5.74) is 4.94. The van der Waals surface area contributed by atoms with E-state index in [4.69, 9.17) is 9.85 Å². The number of anilines is 1. The van der Waals surface area contributed by atoms with Crippen molar-refractivity contribution >= 4 is 17.5 Å². The molecule has 0 radical (unpaired) electrons. The van der Waals surface area contributed by atoms with Crippen LogP contribution in [0.25, 0.3) is 6.08 Å². The first-order valence-electron chi connectivity index (χ1n) is 8.83. The number of para-hydroxylation sites is 1. The molecule has 1 saturated carbocycles. The first kappa shape index (κ1) is 15.9. The third-order valence-electron chi connectivity index (χ3n) is 5.18. The van der Waals surface area contributed by atoms with Gasteiger partial charge >= 0.3 is 0 Å². The molecule has 2 atom stereocenters. The van der Waals surface area contributed by atoms with E-state index in [0.717, 1.165) is 24.3 Å². The molecule has 25 heavy (non-hydrogen) atoms. The van der Waals surface area contributed by atoms with Crippen LogP contribution in [0.15, 0.2) is 64.3 Å². The summed E-state index contributed by atoms with van der Waals surface area (Å²) >= 11 is 0. The number of hydrogen-bond acceptors (Lipinski definition) is 4. The van der Waals surface area contributed by atoms with Crippen LogP contribution in [0, 0.1) is 0 Å². The summed E-state index contributed by atoms with van der Waals surface area (Å²) < 4.78 is 5.20. The van der Waals surface area contributed by atoms with Crippen molar-refractivity contribution in [3.8, 4) is 5.75 Å². The van der Waals surface area contributed by atoms with Crippen molar-refractivity contribution in [2.45, 2.75) is 31.3 Å². The van der Waals surface area contributed by atoms with E-state index in [9.17, 15) is 0 Å². The maximum Gasteiger partial charge on any atom is 0.119 e. The van der Waals surface area contributed by atoms with Crippen molar-refractivity contribution in [1.82, 2.24) is 0 Å². The summed E-state index contributed by atoms with van der Waals surface area (Å²) in [4.78, 5) is 2.38. The van der Waals surface area contributed by atoms with Gasteiger partial charge in [-0.25, -0.2) is 0 Å². The van der Waals surface area contributed by atoms with Crippen LogP contribution < -0.4 is 9.64 Å². The van der Waals surface area contributed by atoms with E-state index in [0.29, 0.717) is 6.04 Å². The van der Waals surface area contributed by atoms with Crippen molar-refractivity contribution in [2.75, 3.05) is 19.1 Å². The fourth-order valence-corrected chi connectivity index (χ4v) is 3.92. The Morgan fingerprint density at radius 3 is 2.68 bits per heavy atom. The molecule has 1 aliphatic carbocycles. The van der Waals surface area contributed by atoms with Gasteiger partial charge in [0.05, 0.1) is 24.9 Å². The second kappa shape index (κ2) is 6.71. The van der Waals surface area contributed by atoms with Crippen molar-refractivity contribution in [2.24, 2.45) is 10.2 Å². The Morgan fingerprint density at radius 2 is 1.88 bits per heavy atom. The predicted octanol–water partition coefficient (Wildman–Crippen LogP) is 5.23. The lowest BCUT2D eigenvalue weighted by molar-refractivity contribution is 0.415. The summed E-state index contributed by atoms with van der Waals surface area (Å²) in [7, 11) is 3.85. The molecule has 0 amide bonds. The molecule has 0 N–H and O–H groups in total. The number of benzene rings is 2. The highest BCUT2D eigenvalue weighted by atomic mass is 16.5. The molecule has 4 rings (SSSR count). The van der Waals surface area contributed by atoms with Gasteiger partial charge in [0.1, 0.15) is 5.75 Å². The minimum Gasteiger partial charge on any atom is -0.497 e. The van der Waals surface area contributed by atoms with Crippen LogP contribution in [0.1, 0.15) is 24.8 Å². The van der Waals surface area contributed by atoms with Crippen LogP contribution in [0.2, 0.25) is 0 Å². The second-order valence-corrected chi connectivity index (χ2v) is 6.71. The van der Waals surface area contributed by atoms with E-state index in [-0.39, 0.29) is 6.04 Å². The number of fused-ring (bicyclic) bond motifs is 2. The molecule has 1 aliphatic heterocycles. The largest absolute Gasteiger partial charge is 0.497 e. The SMILES string of the molecule is COc1ccc(N=NC2CCCC3=Cc4ccccc4N(C)C32)cc1. The minimum absolute atomic E-state index is 0.195. The fourth-order valence-electron chi connectivity index (χ4n) is 3.92. The lowest BCUT2D eigenvalue weighted by Gasteiger charge is -2.42. The van der Waals surface area contributed by atoms with Crippen LogP contribution >= 0.6 is 0 Å². The van der Waals surface area contributed by atoms with E-state index in [2.05, 4.69) is 47.4 Å². The van der Waals surface area contributed by atoms with Gasteiger partial charge in [0.25, 0.3) is 0 Å². The molecule has 0 spiro atoms. The first-order valence-corrected chi connectivity index (χ1v) is 8.83. The quantitative estimate of drug-likeness (QED) is 0.721. The van der Waals surface area contributed by atoms with Gasteiger partial charge in [-0.05, 0) is 60.7 Å². The molecule has 4 heteroatoms. The molecular weight excluding hydrogens is 310 g/mol. The van der Waals surface area contributed by atoms with Crippen LogP contribution in [0.4, 0.5) is 11.4 Å². The Kier molecular flexibility index (Phi) is 4.26. The van der Waals surface area contributed by atoms with Gasteiger partial charge < -0.3 is 9.64 Å². The number of rotatable bonds is 3. The van der Waals surface area contributed by atoms with Crippen molar-refractivity contribution < 1.29 is 4.74 Å². The third-order valence-corrected chi connectivity index (χ3v) is 5.18. The maximum absolute atomic E-state index is 5.20. The van der Waals surface area contributed by atoms with Crippen LogP contribution in [0.5, 0.6) is 5.75 Å². The van der Waals surface area contributed by atoms with E-state index in [1.807, 2.05) is 24.3 Å². The molecule has 4 nitrogen and oxygen atoms in total. The van der Waals surface area contributed by atoms with Gasteiger partial charge in [0.15, 0.2) is 0 Å². The Bertz CT molecular complexity index is 810. The molecule has 2 unspecified atom stereocenters. The topological polar surface area (TPSA) is 37.2 Å². The highest BCUT2D eigenvalue weighted by Gasteiger charge is 2.35. The lowest BCUT2D eigenvalue weighted by Crippen LogP contribution is -2.45. The Hall–Kier alpha value is -2.62. The molecule has 0 aromatic heterocycles. The Labute approximate surface area is 148 Å². The lowest BCUT2D eigenvalue weighted by atomic mass is 9.81. The molecule has 2 aromatic rings. The highest BCUT2D eigenvalue weighted by Crippen LogP contribution is 2.39. The van der Waals surface area contributed by atoms with E-state index in [1.54, 1.807) is 7.11 Å². The molecule has 0 saturated heterocycles. The third kappa shape index (κ3) is 3.04.